The molecular weight excluding hydrogens is 369 g/mol. The van der Waals surface area contributed by atoms with Gasteiger partial charge >= 0.3 is 6.18 Å². The van der Waals surface area contributed by atoms with Gasteiger partial charge in [-0.1, -0.05) is 6.92 Å². The van der Waals surface area contributed by atoms with Crippen LogP contribution in [0, 0.1) is 5.92 Å². The normalized spacial score (nSPS) is 17.7. The van der Waals surface area contributed by atoms with Crippen molar-refractivity contribution in [2.45, 2.75) is 37.4 Å². The fourth-order valence-electron chi connectivity index (χ4n) is 2.60. The first kappa shape index (κ1) is 21.2. The topological polar surface area (TPSA) is 67.2 Å². The highest BCUT2D eigenvalue weighted by Gasteiger charge is 2.32. The van der Waals surface area contributed by atoms with Crippen LogP contribution in [0.25, 0.3) is 0 Å². The van der Waals surface area contributed by atoms with Gasteiger partial charge in [0.25, 0.3) is 0 Å². The van der Waals surface area contributed by atoms with E-state index >= 15 is 0 Å². The van der Waals surface area contributed by atoms with Gasteiger partial charge in [0.2, 0.25) is 10.0 Å². The Labute approximate surface area is 145 Å². The number of hydrogen-bond donors (Lipinski definition) is 1. The van der Waals surface area contributed by atoms with Crippen LogP contribution in [-0.2, 0) is 16.6 Å². The minimum absolute atomic E-state index is 0. The van der Waals surface area contributed by atoms with E-state index in [0.29, 0.717) is 23.7 Å². The second-order valence-corrected chi connectivity index (χ2v) is 7.58. The number of rotatable bonds is 6. The van der Waals surface area contributed by atoms with Crippen molar-refractivity contribution in [3.63, 3.8) is 0 Å². The summed E-state index contributed by atoms with van der Waals surface area (Å²) in [5.41, 5.74) is 0. The van der Waals surface area contributed by atoms with E-state index in [1.807, 2.05) is 6.92 Å². The monoisotopic (exact) mass is 390 g/mol. The maximum absolute atomic E-state index is 12.5. The molecule has 0 unspecified atom stereocenters. The van der Waals surface area contributed by atoms with E-state index in [9.17, 15) is 21.6 Å². The molecule has 140 valence electrons. The summed E-state index contributed by atoms with van der Waals surface area (Å²) in [5.74, 6) is 0.425. The van der Waals surface area contributed by atoms with E-state index in [4.69, 9.17) is 0 Å². The minimum Gasteiger partial charge on any atom is -0.317 e. The van der Waals surface area contributed by atoms with Crippen LogP contribution in [0.2, 0.25) is 0 Å². The lowest BCUT2D eigenvalue weighted by Crippen LogP contribution is -2.40. The van der Waals surface area contributed by atoms with Gasteiger partial charge in [0.05, 0.1) is 6.20 Å². The zero-order valence-electron chi connectivity index (χ0n) is 13.3. The molecule has 1 N–H and O–H groups in total. The molecule has 2 heterocycles. The third kappa shape index (κ3) is 5.61. The van der Waals surface area contributed by atoms with Gasteiger partial charge in [-0.05, 0) is 31.8 Å². The largest absolute Gasteiger partial charge is 0.408 e. The first-order valence-electron chi connectivity index (χ1n) is 7.52. The molecule has 0 radical (unpaired) electrons. The van der Waals surface area contributed by atoms with Gasteiger partial charge in [-0.3, -0.25) is 4.68 Å². The van der Waals surface area contributed by atoms with Crippen molar-refractivity contribution in [1.29, 1.82) is 0 Å². The molecule has 0 saturated carbocycles. The van der Waals surface area contributed by atoms with Gasteiger partial charge in [-0.15, -0.1) is 12.4 Å². The Hall–Kier alpha value is -0.840. The summed E-state index contributed by atoms with van der Waals surface area (Å²) < 4.78 is 63.8. The summed E-state index contributed by atoms with van der Waals surface area (Å²) in [4.78, 5) is -0.188. The van der Waals surface area contributed by atoms with Crippen molar-refractivity contribution in [1.82, 2.24) is 19.4 Å². The van der Waals surface area contributed by atoms with Crippen LogP contribution in [0.15, 0.2) is 17.3 Å². The van der Waals surface area contributed by atoms with Gasteiger partial charge in [0.15, 0.2) is 0 Å². The van der Waals surface area contributed by atoms with E-state index < -0.39 is 22.7 Å². The van der Waals surface area contributed by atoms with Gasteiger partial charge < -0.3 is 5.32 Å². The number of aromatic nitrogens is 2. The Morgan fingerprint density at radius 3 is 2.50 bits per heavy atom. The van der Waals surface area contributed by atoms with Crippen molar-refractivity contribution in [2.75, 3.05) is 26.2 Å². The fraction of sp³-hybridized carbons (Fsp3) is 0.769. The molecule has 1 aromatic heterocycles. The zero-order valence-corrected chi connectivity index (χ0v) is 14.9. The smallest absolute Gasteiger partial charge is 0.317 e. The average molecular weight is 391 g/mol. The molecule has 1 aliphatic rings. The molecule has 0 amide bonds. The number of sulfonamides is 1. The number of halogens is 4. The third-order valence-corrected chi connectivity index (χ3v) is 5.70. The molecule has 2 rings (SSSR count). The molecule has 1 fully saturated rings. The van der Waals surface area contributed by atoms with Crippen LogP contribution in [0.5, 0.6) is 0 Å². The van der Waals surface area contributed by atoms with Crippen LogP contribution < -0.4 is 5.32 Å². The Balaban J connectivity index is 0.00000288. The van der Waals surface area contributed by atoms with Crippen molar-refractivity contribution in [3.05, 3.63) is 12.4 Å². The molecule has 11 heteroatoms. The Morgan fingerprint density at radius 1 is 1.33 bits per heavy atom. The summed E-state index contributed by atoms with van der Waals surface area (Å²) in [7, 11) is -3.78. The number of alkyl halides is 3. The maximum atomic E-state index is 12.5. The Kier molecular flexibility index (Phi) is 7.51. The van der Waals surface area contributed by atoms with E-state index in [1.54, 1.807) is 0 Å². The first-order valence-corrected chi connectivity index (χ1v) is 8.96. The highest BCUT2D eigenvalue weighted by Crippen LogP contribution is 2.24. The molecule has 1 aliphatic heterocycles. The van der Waals surface area contributed by atoms with Crippen LogP contribution in [0.4, 0.5) is 13.2 Å². The second kappa shape index (κ2) is 8.50. The quantitative estimate of drug-likeness (QED) is 0.805. The van der Waals surface area contributed by atoms with E-state index in [1.165, 1.54) is 4.31 Å². The van der Waals surface area contributed by atoms with Gasteiger partial charge in [-0.25, -0.2) is 8.42 Å². The highest BCUT2D eigenvalue weighted by molar-refractivity contribution is 7.89. The Bertz CT molecular complexity index is 613. The van der Waals surface area contributed by atoms with Crippen LogP contribution in [0.3, 0.4) is 0 Å². The molecule has 0 bridgehead atoms. The summed E-state index contributed by atoms with van der Waals surface area (Å²) in [6.07, 6.45) is -1.04. The van der Waals surface area contributed by atoms with Gasteiger partial charge in [0.1, 0.15) is 11.4 Å². The molecule has 1 saturated heterocycles. The van der Waals surface area contributed by atoms with Crippen molar-refractivity contribution in [3.8, 4) is 0 Å². The molecule has 0 spiro atoms. The lowest BCUT2D eigenvalue weighted by Gasteiger charge is -2.30. The third-order valence-electron chi connectivity index (χ3n) is 3.85. The van der Waals surface area contributed by atoms with Crippen LogP contribution in [-0.4, -0.2) is 54.9 Å². The molecule has 0 aromatic carbocycles. The molecular formula is C13H22ClF3N4O2S. The fourth-order valence-corrected chi connectivity index (χ4v) is 4.02. The van der Waals surface area contributed by atoms with E-state index in [2.05, 4.69) is 10.4 Å². The molecule has 24 heavy (non-hydrogen) atoms. The predicted octanol–water partition coefficient (Wildman–Crippen LogP) is 1.88. The zero-order chi connectivity index (χ0) is 17.1. The van der Waals surface area contributed by atoms with Crippen molar-refractivity contribution in [2.24, 2.45) is 5.92 Å². The second-order valence-electron chi connectivity index (χ2n) is 5.64. The number of piperidine rings is 1. The SMILES string of the molecule is CCNCC1CCN(S(=O)(=O)c2cnn(CC(F)(F)F)c2)CC1.Cl. The van der Waals surface area contributed by atoms with Crippen LogP contribution in [0.1, 0.15) is 19.8 Å². The molecule has 6 nitrogen and oxygen atoms in total. The summed E-state index contributed by atoms with van der Waals surface area (Å²) in [5, 5.41) is 6.74. The molecule has 1 aromatic rings. The minimum atomic E-state index is -4.43. The van der Waals surface area contributed by atoms with Gasteiger partial charge in [0, 0.05) is 19.3 Å². The van der Waals surface area contributed by atoms with E-state index in [0.717, 1.165) is 38.3 Å². The molecule has 0 atom stereocenters. The summed E-state index contributed by atoms with van der Waals surface area (Å²) in [6, 6.07) is 0. The van der Waals surface area contributed by atoms with Crippen molar-refractivity contribution < 1.29 is 21.6 Å². The lowest BCUT2D eigenvalue weighted by atomic mass is 9.98. The molecule has 0 aliphatic carbocycles. The predicted molar refractivity (Wildman–Crippen MR) is 85.6 cm³/mol. The van der Waals surface area contributed by atoms with E-state index in [-0.39, 0.29) is 17.3 Å². The van der Waals surface area contributed by atoms with Gasteiger partial charge in [-0.2, -0.15) is 22.6 Å². The summed E-state index contributed by atoms with van der Waals surface area (Å²) in [6.45, 7) is 3.20. The summed E-state index contributed by atoms with van der Waals surface area (Å²) >= 11 is 0. The number of nitrogens with one attached hydrogen (secondary N) is 1. The highest BCUT2D eigenvalue weighted by atomic mass is 35.5. The Morgan fingerprint density at radius 2 is 1.96 bits per heavy atom. The maximum Gasteiger partial charge on any atom is 0.408 e. The standard InChI is InChI=1S/C13H21F3N4O2S.ClH/c1-2-17-7-11-3-5-20(6-4-11)23(21,22)12-8-18-19(9-12)10-13(14,15)16;/h8-9,11,17H,2-7,10H2,1H3;1H. The van der Waals surface area contributed by atoms with Crippen molar-refractivity contribution >= 4 is 22.4 Å². The average Bonchev–Trinajstić information content (AvgIpc) is 2.92. The van der Waals surface area contributed by atoms with Crippen LogP contribution >= 0.6 is 12.4 Å². The first-order chi connectivity index (χ1) is 10.7. The number of nitrogens with zero attached hydrogens (tertiary/aromatic N) is 3. The number of hydrogen-bond acceptors (Lipinski definition) is 4. The lowest BCUT2D eigenvalue weighted by molar-refractivity contribution is -0.142.